The fraction of sp³-hybridized carbons (Fsp3) is 0.250. The number of aromatic nitrogens is 5. The third-order valence-electron chi connectivity index (χ3n) is 5.17. The number of nitrogens with one attached hydrogen (secondary N) is 2. The Labute approximate surface area is 186 Å². The lowest BCUT2D eigenvalue weighted by molar-refractivity contribution is 0.0948. The minimum atomic E-state index is -0.200. The molecule has 4 aromatic rings. The van der Waals surface area contributed by atoms with Crippen LogP contribution in [-0.2, 0) is 6.54 Å². The molecule has 0 unspecified atom stereocenters. The van der Waals surface area contributed by atoms with E-state index in [1.807, 2.05) is 60.1 Å². The first kappa shape index (κ1) is 21.3. The van der Waals surface area contributed by atoms with Crippen LogP contribution in [0.1, 0.15) is 47.2 Å². The van der Waals surface area contributed by atoms with Crippen molar-refractivity contribution >= 4 is 5.91 Å². The second-order valence-corrected chi connectivity index (χ2v) is 7.86. The van der Waals surface area contributed by atoms with Gasteiger partial charge in [-0.25, -0.2) is 9.67 Å². The summed E-state index contributed by atoms with van der Waals surface area (Å²) in [7, 11) is 1.62. The van der Waals surface area contributed by atoms with Crippen LogP contribution in [0.15, 0.2) is 54.7 Å². The highest BCUT2D eigenvalue weighted by Crippen LogP contribution is 2.23. The fourth-order valence-corrected chi connectivity index (χ4v) is 3.48. The predicted octanol–water partition coefficient (Wildman–Crippen LogP) is 4.03. The van der Waals surface area contributed by atoms with E-state index in [1.165, 1.54) is 5.56 Å². The summed E-state index contributed by atoms with van der Waals surface area (Å²) in [5.74, 6) is 1.82. The van der Waals surface area contributed by atoms with Gasteiger partial charge in [0.2, 0.25) is 0 Å². The summed E-state index contributed by atoms with van der Waals surface area (Å²) in [6.07, 6.45) is 1.62. The standard InChI is InChI=1S/C24H26N6O2/c1-15(2)22-20(13-26-30(22)18-9-5-16(3)6-10-18)24(31)25-14-21-27-23(29-28-21)17-7-11-19(32-4)12-8-17/h5-13,15H,14H2,1-4H3,(H,25,31)(H,27,28,29). The highest BCUT2D eigenvalue weighted by atomic mass is 16.5. The number of hydrogen-bond donors (Lipinski definition) is 2. The molecule has 4 rings (SSSR count). The summed E-state index contributed by atoms with van der Waals surface area (Å²) in [5, 5.41) is 14.5. The van der Waals surface area contributed by atoms with Crippen molar-refractivity contribution < 1.29 is 9.53 Å². The zero-order valence-electron chi connectivity index (χ0n) is 18.6. The highest BCUT2D eigenvalue weighted by Gasteiger charge is 2.21. The van der Waals surface area contributed by atoms with Gasteiger partial charge in [0.1, 0.15) is 11.6 Å². The quantitative estimate of drug-likeness (QED) is 0.461. The van der Waals surface area contributed by atoms with Crippen LogP contribution in [0.4, 0.5) is 0 Å². The Morgan fingerprint density at radius 1 is 1.12 bits per heavy atom. The molecule has 2 aromatic heterocycles. The summed E-state index contributed by atoms with van der Waals surface area (Å²) < 4.78 is 7.00. The Kier molecular flexibility index (Phi) is 6.02. The molecule has 8 heteroatoms. The summed E-state index contributed by atoms with van der Waals surface area (Å²) >= 11 is 0. The van der Waals surface area contributed by atoms with Crippen LogP contribution in [0.2, 0.25) is 0 Å². The van der Waals surface area contributed by atoms with Crippen molar-refractivity contribution in [2.75, 3.05) is 7.11 Å². The van der Waals surface area contributed by atoms with Crippen molar-refractivity contribution in [3.8, 4) is 22.8 Å². The summed E-state index contributed by atoms with van der Waals surface area (Å²) in [5.41, 5.74) is 4.38. The molecule has 0 spiro atoms. The topological polar surface area (TPSA) is 97.7 Å². The van der Waals surface area contributed by atoms with Crippen molar-refractivity contribution in [3.63, 3.8) is 0 Å². The highest BCUT2D eigenvalue weighted by molar-refractivity contribution is 5.95. The van der Waals surface area contributed by atoms with E-state index in [2.05, 4.69) is 39.4 Å². The van der Waals surface area contributed by atoms with E-state index in [1.54, 1.807) is 13.3 Å². The predicted molar refractivity (Wildman–Crippen MR) is 122 cm³/mol. The maximum atomic E-state index is 12.9. The van der Waals surface area contributed by atoms with Crippen molar-refractivity contribution in [1.29, 1.82) is 0 Å². The van der Waals surface area contributed by atoms with Crippen LogP contribution >= 0.6 is 0 Å². The Morgan fingerprint density at radius 3 is 2.50 bits per heavy atom. The molecule has 164 valence electrons. The lowest BCUT2D eigenvalue weighted by Gasteiger charge is -2.13. The Bertz CT molecular complexity index is 1210. The third kappa shape index (κ3) is 4.39. The molecule has 0 bridgehead atoms. The van der Waals surface area contributed by atoms with Crippen LogP contribution in [0.5, 0.6) is 5.75 Å². The largest absolute Gasteiger partial charge is 0.497 e. The Morgan fingerprint density at radius 2 is 1.84 bits per heavy atom. The molecule has 1 amide bonds. The van der Waals surface area contributed by atoms with Crippen LogP contribution in [0, 0.1) is 6.92 Å². The number of methoxy groups -OCH3 is 1. The van der Waals surface area contributed by atoms with Crippen LogP contribution in [0.3, 0.4) is 0 Å². The number of carbonyl (C=O) groups is 1. The molecular formula is C24H26N6O2. The number of benzene rings is 2. The van der Waals surface area contributed by atoms with Gasteiger partial charge in [0.25, 0.3) is 5.91 Å². The van der Waals surface area contributed by atoms with Crippen LogP contribution in [-0.4, -0.2) is 38.0 Å². The van der Waals surface area contributed by atoms with Gasteiger partial charge < -0.3 is 10.1 Å². The second-order valence-electron chi connectivity index (χ2n) is 7.86. The van der Waals surface area contributed by atoms with E-state index in [0.29, 0.717) is 17.2 Å². The Balaban J connectivity index is 1.49. The molecule has 0 atom stereocenters. The van der Waals surface area contributed by atoms with Crippen LogP contribution < -0.4 is 10.1 Å². The van der Waals surface area contributed by atoms with E-state index < -0.39 is 0 Å². The first-order valence-electron chi connectivity index (χ1n) is 10.4. The molecule has 0 saturated carbocycles. The number of amides is 1. The van der Waals surface area contributed by atoms with Gasteiger partial charge in [-0.1, -0.05) is 31.5 Å². The fourth-order valence-electron chi connectivity index (χ4n) is 3.48. The minimum Gasteiger partial charge on any atom is -0.497 e. The molecule has 0 aliphatic carbocycles. The smallest absolute Gasteiger partial charge is 0.255 e. The van der Waals surface area contributed by atoms with Gasteiger partial charge in [0.05, 0.1) is 36.8 Å². The van der Waals surface area contributed by atoms with Crippen molar-refractivity contribution in [1.82, 2.24) is 30.3 Å². The maximum absolute atomic E-state index is 12.9. The van der Waals surface area contributed by atoms with Gasteiger partial charge in [0.15, 0.2) is 5.82 Å². The van der Waals surface area contributed by atoms with E-state index in [-0.39, 0.29) is 18.4 Å². The average molecular weight is 431 g/mol. The number of aryl methyl sites for hydroxylation is 1. The lowest BCUT2D eigenvalue weighted by Crippen LogP contribution is -2.24. The molecule has 2 aromatic carbocycles. The molecule has 0 aliphatic rings. The SMILES string of the molecule is COc1ccc(-c2n[nH]c(CNC(=O)c3cnn(-c4ccc(C)cc4)c3C(C)C)n2)cc1. The molecule has 0 fully saturated rings. The van der Waals surface area contributed by atoms with E-state index in [0.717, 1.165) is 22.7 Å². The number of nitrogens with zero attached hydrogens (tertiary/aromatic N) is 4. The molecular weight excluding hydrogens is 404 g/mol. The van der Waals surface area contributed by atoms with E-state index in [4.69, 9.17) is 4.74 Å². The van der Waals surface area contributed by atoms with Crippen molar-refractivity contribution in [2.24, 2.45) is 0 Å². The average Bonchev–Trinajstić information content (AvgIpc) is 3.46. The number of carbonyl (C=O) groups excluding carboxylic acids is 1. The molecule has 2 heterocycles. The van der Waals surface area contributed by atoms with Crippen LogP contribution in [0.25, 0.3) is 17.1 Å². The van der Waals surface area contributed by atoms with Gasteiger partial charge in [-0.2, -0.15) is 10.2 Å². The minimum absolute atomic E-state index is 0.117. The lowest BCUT2D eigenvalue weighted by atomic mass is 10.0. The summed E-state index contributed by atoms with van der Waals surface area (Å²) in [6.45, 7) is 6.38. The molecule has 0 radical (unpaired) electrons. The summed E-state index contributed by atoms with van der Waals surface area (Å²) in [4.78, 5) is 17.4. The number of ether oxygens (including phenoxy) is 1. The zero-order chi connectivity index (χ0) is 22.7. The monoisotopic (exact) mass is 430 g/mol. The molecule has 32 heavy (non-hydrogen) atoms. The van der Waals surface area contributed by atoms with E-state index in [9.17, 15) is 4.79 Å². The molecule has 2 N–H and O–H groups in total. The number of aromatic amines is 1. The molecule has 0 saturated heterocycles. The van der Waals surface area contributed by atoms with Crippen molar-refractivity contribution in [2.45, 2.75) is 33.2 Å². The number of H-pyrrole nitrogens is 1. The third-order valence-corrected chi connectivity index (χ3v) is 5.17. The second kappa shape index (κ2) is 9.05. The first-order chi connectivity index (χ1) is 15.5. The van der Waals surface area contributed by atoms with Gasteiger partial charge in [-0.05, 0) is 49.2 Å². The number of hydrogen-bond acceptors (Lipinski definition) is 5. The maximum Gasteiger partial charge on any atom is 0.255 e. The molecule has 8 nitrogen and oxygen atoms in total. The summed E-state index contributed by atoms with van der Waals surface area (Å²) in [6, 6.07) is 15.6. The zero-order valence-corrected chi connectivity index (χ0v) is 18.6. The van der Waals surface area contributed by atoms with Crippen molar-refractivity contribution in [3.05, 3.63) is 77.4 Å². The first-order valence-corrected chi connectivity index (χ1v) is 10.4. The van der Waals surface area contributed by atoms with Gasteiger partial charge in [-0.15, -0.1) is 0 Å². The normalized spacial score (nSPS) is 11.0. The van der Waals surface area contributed by atoms with Gasteiger partial charge >= 0.3 is 0 Å². The van der Waals surface area contributed by atoms with E-state index >= 15 is 0 Å². The Hall–Kier alpha value is -3.94. The number of rotatable bonds is 7. The van der Waals surface area contributed by atoms with Gasteiger partial charge in [0, 0.05) is 5.56 Å². The molecule has 0 aliphatic heterocycles. The van der Waals surface area contributed by atoms with Gasteiger partial charge in [-0.3, -0.25) is 9.89 Å².